The van der Waals surface area contributed by atoms with Crippen LogP contribution in [0.4, 0.5) is 17.1 Å². The molecule has 0 aliphatic heterocycles. The summed E-state index contributed by atoms with van der Waals surface area (Å²) < 4.78 is 44.5. The summed E-state index contributed by atoms with van der Waals surface area (Å²) in [5, 5.41) is 8.03. The van der Waals surface area contributed by atoms with Gasteiger partial charge in [0.1, 0.15) is 11.2 Å². The molecule has 1 aromatic heterocycles. The molecule has 0 amide bonds. The lowest BCUT2D eigenvalue weighted by Gasteiger charge is -2.27. The summed E-state index contributed by atoms with van der Waals surface area (Å²) in [7, 11) is 0. The van der Waals surface area contributed by atoms with Gasteiger partial charge in [0.15, 0.2) is 0 Å². The van der Waals surface area contributed by atoms with E-state index in [1.54, 1.807) is 0 Å². The summed E-state index contributed by atoms with van der Waals surface area (Å²) >= 11 is 0. The van der Waals surface area contributed by atoms with Gasteiger partial charge in [0.25, 0.3) is 0 Å². The Morgan fingerprint density at radius 2 is 1.05 bits per heavy atom. The maximum Gasteiger partial charge on any atom is 0.143 e. The molecule has 2 heteroatoms. The minimum atomic E-state index is -0.244. The molecule has 0 saturated heterocycles. The van der Waals surface area contributed by atoms with E-state index < -0.39 is 0 Å². The van der Waals surface area contributed by atoms with Crippen LogP contribution < -0.4 is 4.90 Å². The molecule has 0 aliphatic carbocycles. The van der Waals surface area contributed by atoms with Crippen molar-refractivity contribution in [3.05, 3.63) is 212 Å². The maximum atomic E-state index is 9.95. The highest BCUT2D eigenvalue weighted by molar-refractivity contribution is 6.19. The largest absolute Gasteiger partial charge is 0.455 e. The zero-order valence-electron chi connectivity index (χ0n) is 34.3. The van der Waals surface area contributed by atoms with E-state index in [2.05, 4.69) is 103 Å². The molecule has 0 spiro atoms. The molecule has 0 atom stereocenters. The van der Waals surface area contributed by atoms with Gasteiger partial charge in [-0.2, -0.15) is 0 Å². The second kappa shape index (κ2) is 13.2. The Labute approximate surface area is 330 Å². The van der Waals surface area contributed by atoms with Gasteiger partial charge in [-0.3, -0.25) is 0 Å². The van der Waals surface area contributed by atoms with Gasteiger partial charge in [-0.15, -0.1) is 0 Å². The molecular weight excluding hydrogens is 679 g/mol. The van der Waals surface area contributed by atoms with Crippen LogP contribution in [-0.2, 0) is 0 Å². The summed E-state index contributed by atoms with van der Waals surface area (Å²) in [6.45, 7) is 0. The van der Waals surface area contributed by atoms with E-state index >= 15 is 0 Å². The number of hydrogen-bond acceptors (Lipinski definition) is 2. The summed E-state index contributed by atoms with van der Waals surface area (Å²) in [6.07, 6.45) is 0. The number of nitrogens with zero attached hydrogens (tertiary/aromatic N) is 1. The second-order valence-electron chi connectivity index (χ2n) is 14.2. The van der Waals surface area contributed by atoms with Gasteiger partial charge in [0, 0.05) is 22.1 Å². The highest BCUT2D eigenvalue weighted by Gasteiger charge is 2.21. The zero-order chi connectivity index (χ0) is 40.5. The zero-order valence-corrected chi connectivity index (χ0v) is 30.3. The molecule has 56 heavy (non-hydrogen) atoms. The van der Waals surface area contributed by atoms with Gasteiger partial charge in [0.05, 0.1) is 16.6 Å². The van der Waals surface area contributed by atoms with Crippen LogP contribution in [0.25, 0.3) is 87.6 Å². The molecule has 0 unspecified atom stereocenters. The van der Waals surface area contributed by atoms with Crippen molar-refractivity contribution in [2.24, 2.45) is 0 Å². The molecule has 1 heterocycles. The van der Waals surface area contributed by atoms with E-state index in [4.69, 9.17) is 4.42 Å². The molecule has 0 N–H and O–H groups in total. The van der Waals surface area contributed by atoms with Crippen molar-refractivity contribution in [2.45, 2.75) is 0 Å². The molecule has 11 rings (SSSR count). The normalized spacial score (nSPS) is 12.6. The van der Waals surface area contributed by atoms with Crippen LogP contribution in [0.5, 0.6) is 0 Å². The highest BCUT2D eigenvalue weighted by atomic mass is 16.3. The number of furan rings is 1. The summed E-state index contributed by atoms with van der Waals surface area (Å²) in [4.78, 5) is 1.92. The fourth-order valence-electron chi connectivity index (χ4n) is 8.18. The minimum absolute atomic E-state index is 0.000214. The van der Waals surface area contributed by atoms with E-state index in [-0.39, 0.29) is 29.9 Å². The van der Waals surface area contributed by atoms with Crippen LogP contribution in [0.15, 0.2) is 217 Å². The molecule has 0 aliphatic rings. The molecule has 0 radical (unpaired) electrons. The van der Waals surface area contributed by atoms with Crippen LogP contribution >= 0.6 is 0 Å². The maximum absolute atomic E-state index is 9.95. The molecule has 2 nitrogen and oxygen atoms in total. The smallest absolute Gasteiger partial charge is 0.143 e. The Bertz CT molecular complexity index is 3490. The number of fused-ring (bicyclic) bond motifs is 7. The number of benzene rings is 10. The first-order valence-electron chi connectivity index (χ1n) is 20.8. The SMILES string of the molecule is [2H]c1c([2H])c(-c2cccc3ccccc23)c([2H])c(N(c2ccc(-c3cccc(-c4ccc5ccccc5c4)c3)cc2)c2cccc3oc4c5ccccc5ccc4c23)c1[2H]. The fraction of sp³-hybridized carbons (Fsp3) is 0. The molecule has 0 saturated carbocycles. The Balaban J connectivity index is 1.13. The third kappa shape index (κ3) is 5.42. The summed E-state index contributed by atoms with van der Waals surface area (Å²) in [5.41, 5.74) is 8.37. The van der Waals surface area contributed by atoms with Crippen LogP contribution in [0.1, 0.15) is 5.48 Å². The third-order valence-corrected chi connectivity index (χ3v) is 10.9. The van der Waals surface area contributed by atoms with E-state index in [0.717, 1.165) is 60.2 Å². The fourth-order valence-corrected chi connectivity index (χ4v) is 8.18. The van der Waals surface area contributed by atoms with Crippen LogP contribution in [0, 0.1) is 0 Å². The molecule has 0 fully saturated rings. The molecule has 10 aromatic carbocycles. The summed E-state index contributed by atoms with van der Waals surface area (Å²) in [6, 6.07) is 63.0. The summed E-state index contributed by atoms with van der Waals surface area (Å²) in [5.74, 6) is 0. The van der Waals surface area contributed by atoms with E-state index in [1.807, 2.05) is 89.8 Å². The monoisotopic (exact) mass is 717 g/mol. The highest BCUT2D eigenvalue weighted by Crippen LogP contribution is 2.45. The topological polar surface area (TPSA) is 16.4 Å². The average Bonchev–Trinajstić information content (AvgIpc) is 3.70. The van der Waals surface area contributed by atoms with E-state index in [1.165, 1.54) is 10.8 Å². The third-order valence-electron chi connectivity index (χ3n) is 10.9. The van der Waals surface area contributed by atoms with Crippen molar-refractivity contribution in [1.29, 1.82) is 0 Å². The Hall–Kier alpha value is -7.42. The number of anilines is 3. The van der Waals surface area contributed by atoms with Crippen molar-refractivity contribution in [1.82, 2.24) is 0 Å². The van der Waals surface area contributed by atoms with E-state index in [9.17, 15) is 5.48 Å². The standard InChI is InChI=1S/C54H35NO/c1-2-14-40-34-43(26-25-36(40)11-1)42-17-7-16-41(33-42)37-27-30-45(31-28-37)55(46-19-8-18-44(35-46)48-22-9-15-38-12-3-5-20-47(38)48)51-23-10-24-52-53(51)50-32-29-39-13-4-6-21-49(39)54(50)56-52/h1-35H/i8D,18D,19D,35D. The van der Waals surface area contributed by atoms with E-state index in [0.29, 0.717) is 28.1 Å². The van der Waals surface area contributed by atoms with Gasteiger partial charge in [-0.1, -0.05) is 158 Å². The average molecular weight is 718 g/mol. The number of hydrogen-bond donors (Lipinski definition) is 0. The molecular formula is C54H35NO. The lowest BCUT2D eigenvalue weighted by atomic mass is 9.96. The van der Waals surface area contributed by atoms with Crippen LogP contribution in [-0.4, -0.2) is 0 Å². The van der Waals surface area contributed by atoms with Crippen molar-refractivity contribution < 1.29 is 9.90 Å². The Morgan fingerprint density at radius 3 is 1.91 bits per heavy atom. The van der Waals surface area contributed by atoms with Crippen molar-refractivity contribution in [3.8, 4) is 33.4 Å². The lowest BCUT2D eigenvalue weighted by molar-refractivity contribution is 0.672. The Morgan fingerprint density at radius 1 is 0.411 bits per heavy atom. The van der Waals surface area contributed by atoms with Crippen molar-refractivity contribution in [2.75, 3.05) is 4.90 Å². The molecule has 262 valence electrons. The van der Waals surface area contributed by atoms with Gasteiger partial charge in [0.2, 0.25) is 0 Å². The van der Waals surface area contributed by atoms with Gasteiger partial charge >= 0.3 is 0 Å². The number of rotatable bonds is 6. The van der Waals surface area contributed by atoms with Crippen LogP contribution in [0.2, 0.25) is 0 Å². The molecule has 11 aromatic rings. The van der Waals surface area contributed by atoms with Gasteiger partial charge in [-0.05, 0) is 115 Å². The molecule has 0 bridgehead atoms. The van der Waals surface area contributed by atoms with Crippen molar-refractivity contribution in [3.63, 3.8) is 0 Å². The first-order chi connectivity index (χ1) is 29.4. The quantitative estimate of drug-likeness (QED) is 0.170. The van der Waals surface area contributed by atoms with Gasteiger partial charge in [-0.25, -0.2) is 0 Å². The predicted molar refractivity (Wildman–Crippen MR) is 237 cm³/mol. The predicted octanol–water partition coefficient (Wildman–Crippen LogP) is 15.5. The first-order valence-corrected chi connectivity index (χ1v) is 18.8. The lowest BCUT2D eigenvalue weighted by Crippen LogP contribution is -2.10. The second-order valence-corrected chi connectivity index (χ2v) is 14.2. The first kappa shape index (κ1) is 28.1. The minimum Gasteiger partial charge on any atom is -0.455 e. The van der Waals surface area contributed by atoms with Gasteiger partial charge < -0.3 is 9.32 Å². The van der Waals surface area contributed by atoms with Crippen LogP contribution in [0.3, 0.4) is 0 Å². The Kier molecular flexibility index (Phi) is 6.60. The van der Waals surface area contributed by atoms with Crippen molar-refractivity contribution >= 4 is 71.3 Å².